The van der Waals surface area contributed by atoms with Crippen molar-refractivity contribution < 1.29 is 17.9 Å². The predicted molar refractivity (Wildman–Crippen MR) is 127 cm³/mol. The molecule has 3 N–H and O–H groups in total. The molecule has 7 nitrogen and oxygen atoms in total. The summed E-state index contributed by atoms with van der Waals surface area (Å²) >= 11 is 0. The standard InChI is InChI=1S/C25H33N3O4S/c1-2-3-14-32-20-6-10-22(11-7-20)33(30,31)21-8-4-18(5-9-21)16-27-25(29)24-15-19-17-26-13-12-23(19)28-24/h4-11,19,23-24,26,28H,2-3,12-17H2,1H3,(H,27,29). The summed E-state index contributed by atoms with van der Waals surface area (Å²) in [5.41, 5.74) is 0.860. The van der Waals surface area contributed by atoms with Crippen molar-refractivity contribution in [3.63, 3.8) is 0 Å². The van der Waals surface area contributed by atoms with Crippen LogP contribution in [0, 0.1) is 5.92 Å². The van der Waals surface area contributed by atoms with Crippen LogP contribution in [0.4, 0.5) is 0 Å². The van der Waals surface area contributed by atoms with Gasteiger partial charge in [0.05, 0.1) is 22.4 Å². The van der Waals surface area contributed by atoms with Gasteiger partial charge in [0.2, 0.25) is 15.7 Å². The van der Waals surface area contributed by atoms with Crippen LogP contribution in [-0.4, -0.2) is 46.1 Å². The van der Waals surface area contributed by atoms with E-state index >= 15 is 0 Å². The number of hydrogen-bond acceptors (Lipinski definition) is 6. The molecule has 1 amide bonds. The molecule has 2 saturated heterocycles. The monoisotopic (exact) mass is 471 g/mol. The van der Waals surface area contributed by atoms with Gasteiger partial charge in [0.25, 0.3) is 0 Å². The van der Waals surface area contributed by atoms with E-state index < -0.39 is 9.84 Å². The molecular weight excluding hydrogens is 438 g/mol. The summed E-state index contributed by atoms with van der Waals surface area (Å²) < 4.78 is 31.5. The third-order valence-electron chi connectivity index (χ3n) is 6.48. The first-order chi connectivity index (χ1) is 16.0. The number of fused-ring (bicyclic) bond motifs is 1. The Morgan fingerprint density at radius 3 is 2.45 bits per heavy atom. The third kappa shape index (κ3) is 5.75. The second kappa shape index (κ2) is 10.7. The number of rotatable bonds is 9. The Bertz CT molecular complexity index is 1020. The Morgan fingerprint density at radius 2 is 1.79 bits per heavy atom. The molecule has 2 aliphatic heterocycles. The number of sulfone groups is 1. The van der Waals surface area contributed by atoms with Gasteiger partial charge in [-0.1, -0.05) is 25.5 Å². The molecule has 0 spiro atoms. The summed E-state index contributed by atoms with van der Waals surface area (Å²) in [4.78, 5) is 13.0. The number of piperidine rings is 1. The van der Waals surface area contributed by atoms with Gasteiger partial charge < -0.3 is 20.7 Å². The zero-order chi connectivity index (χ0) is 23.3. The largest absolute Gasteiger partial charge is 0.494 e. The number of hydrogen-bond donors (Lipinski definition) is 3. The Morgan fingerprint density at radius 1 is 1.09 bits per heavy atom. The number of nitrogens with one attached hydrogen (secondary N) is 3. The van der Waals surface area contributed by atoms with Crippen LogP contribution in [0.5, 0.6) is 5.75 Å². The topological polar surface area (TPSA) is 96.5 Å². The van der Waals surface area contributed by atoms with Crippen LogP contribution in [0.3, 0.4) is 0 Å². The van der Waals surface area contributed by atoms with Gasteiger partial charge in [-0.3, -0.25) is 4.79 Å². The van der Waals surface area contributed by atoms with Crippen molar-refractivity contribution in [2.45, 2.75) is 61.0 Å². The van der Waals surface area contributed by atoms with Gasteiger partial charge in [0, 0.05) is 12.6 Å². The maximum absolute atomic E-state index is 13.0. The maximum Gasteiger partial charge on any atom is 0.237 e. The van der Waals surface area contributed by atoms with Gasteiger partial charge in [-0.05, 0) is 80.2 Å². The first-order valence-corrected chi connectivity index (χ1v) is 13.3. The molecule has 2 aliphatic rings. The Kier molecular flexibility index (Phi) is 7.67. The van der Waals surface area contributed by atoms with Gasteiger partial charge in [0.1, 0.15) is 5.75 Å². The van der Waals surface area contributed by atoms with E-state index in [1.165, 1.54) is 0 Å². The van der Waals surface area contributed by atoms with E-state index in [-0.39, 0.29) is 21.7 Å². The number of unbranched alkanes of at least 4 members (excludes halogenated alkanes) is 1. The highest BCUT2D eigenvalue weighted by Crippen LogP contribution is 2.25. The van der Waals surface area contributed by atoms with E-state index in [0.29, 0.717) is 30.9 Å². The van der Waals surface area contributed by atoms with Crippen LogP contribution in [0.2, 0.25) is 0 Å². The SMILES string of the molecule is CCCCOc1ccc(S(=O)(=O)c2ccc(CNC(=O)C3CC4CNCCC4N3)cc2)cc1. The van der Waals surface area contributed by atoms with Crippen molar-refractivity contribution >= 4 is 15.7 Å². The van der Waals surface area contributed by atoms with Gasteiger partial charge in [-0.2, -0.15) is 0 Å². The fraction of sp³-hybridized carbons (Fsp3) is 0.480. The van der Waals surface area contributed by atoms with Crippen molar-refractivity contribution in [1.82, 2.24) is 16.0 Å². The van der Waals surface area contributed by atoms with Crippen LogP contribution in [0.25, 0.3) is 0 Å². The molecule has 8 heteroatoms. The molecule has 0 radical (unpaired) electrons. The summed E-state index contributed by atoms with van der Waals surface area (Å²) in [7, 11) is -3.61. The molecule has 0 aliphatic carbocycles. The smallest absolute Gasteiger partial charge is 0.237 e. The summed E-state index contributed by atoms with van der Waals surface area (Å²) in [6, 6.07) is 13.5. The minimum atomic E-state index is -3.61. The minimum absolute atomic E-state index is 0.00217. The summed E-state index contributed by atoms with van der Waals surface area (Å²) in [6.45, 7) is 5.04. The second-order valence-corrected chi connectivity index (χ2v) is 10.8. The molecule has 2 aromatic carbocycles. The summed E-state index contributed by atoms with van der Waals surface area (Å²) in [5.74, 6) is 1.18. The molecule has 2 heterocycles. The fourth-order valence-electron chi connectivity index (χ4n) is 4.49. The van der Waals surface area contributed by atoms with Gasteiger partial charge in [0.15, 0.2) is 0 Å². The highest BCUT2D eigenvalue weighted by molar-refractivity contribution is 7.91. The lowest BCUT2D eigenvalue weighted by Gasteiger charge is -2.25. The van der Waals surface area contributed by atoms with Gasteiger partial charge >= 0.3 is 0 Å². The Hall–Kier alpha value is -2.42. The van der Waals surface area contributed by atoms with Crippen molar-refractivity contribution in [3.8, 4) is 5.75 Å². The first kappa shape index (κ1) is 23.7. The fourth-order valence-corrected chi connectivity index (χ4v) is 5.75. The van der Waals surface area contributed by atoms with Crippen molar-refractivity contribution in [2.75, 3.05) is 19.7 Å². The molecule has 0 aromatic heterocycles. The molecule has 178 valence electrons. The number of benzene rings is 2. The maximum atomic E-state index is 13.0. The van der Waals surface area contributed by atoms with Crippen molar-refractivity contribution in [2.24, 2.45) is 5.92 Å². The minimum Gasteiger partial charge on any atom is -0.494 e. The Labute approximate surface area is 196 Å². The number of carbonyl (C=O) groups is 1. The van der Waals surface area contributed by atoms with Crippen molar-refractivity contribution in [1.29, 1.82) is 0 Å². The lowest BCUT2D eigenvalue weighted by atomic mass is 9.94. The number of amides is 1. The average molecular weight is 472 g/mol. The van der Waals surface area contributed by atoms with Gasteiger partial charge in [-0.25, -0.2) is 8.42 Å². The lowest BCUT2D eigenvalue weighted by molar-refractivity contribution is -0.123. The van der Waals surface area contributed by atoms with E-state index in [4.69, 9.17) is 4.74 Å². The zero-order valence-corrected chi connectivity index (χ0v) is 19.9. The molecule has 4 rings (SSSR count). The van der Waals surface area contributed by atoms with Crippen LogP contribution in [0.15, 0.2) is 58.3 Å². The summed E-state index contributed by atoms with van der Waals surface area (Å²) in [5, 5.41) is 9.82. The second-order valence-electron chi connectivity index (χ2n) is 8.85. The quantitative estimate of drug-likeness (QED) is 0.487. The van der Waals surface area contributed by atoms with Gasteiger partial charge in [-0.15, -0.1) is 0 Å². The highest BCUT2D eigenvalue weighted by atomic mass is 32.2. The normalized spacial score (nSPS) is 22.5. The number of ether oxygens (including phenoxy) is 1. The van der Waals surface area contributed by atoms with Crippen LogP contribution >= 0.6 is 0 Å². The van der Waals surface area contributed by atoms with Crippen LogP contribution < -0.4 is 20.7 Å². The number of carbonyl (C=O) groups excluding carboxylic acids is 1. The molecule has 0 saturated carbocycles. The molecular formula is C25H33N3O4S. The molecule has 0 bridgehead atoms. The van der Waals surface area contributed by atoms with Crippen LogP contribution in [0.1, 0.15) is 38.2 Å². The summed E-state index contributed by atoms with van der Waals surface area (Å²) in [6.07, 6.45) is 3.91. The van der Waals surface area contributed by atoms with E-state index in [0.717, 1.165) is 44.3 Å². The van der Waals surface area contributed by atoms with Crippen LogP contribution in [-0.2, 0) is 21.2 Å². The average Bonchev–Trinajstić information content (AvgIpc) is 3.28. The predicted octanol–water partition coefficient (Wildman–Crippen LogP) is 2.65. The molecule has 3 unspecified atom stereocenters. The molecule has 3 atom stereocenters. The van der Waals surface area contributed by atoms with E-state index in [1.807, 2.05) is 0 Å². The Balaban J connectivity index is 1.32. The van der Waals surface area contributed by atoms with E-state index in [1.54, 1.807) is 48.5 Å². The van der Waals surface area contributed by atoms with E-state index in [9.17, 15) is 13.2 Å². The first-order valence-electron chi connectivity index (χ1n) is 11.8. The lowest BCUT2D eigenvalue weighted by Crippen LogP contribution is -2.45. The van der Waals surface area contributed by atoms with Crippen molar-refractivity contribution in [3.05, 3.63) is 54.1 Å². The molecule has 2 aromatic rings. The third-order valence-corrected chi connectivity index (χ3v) is 8.26. The molecule has 2 fully saturated rings. The highest BCUT2D eigenvalue weighted by Gasteiger charge is 2.38. The zero-order valence-electron chi connectivity index (χ0n) is 19.0. The molecule has 33 heavy (non-hydrogen) atoms. The van der Waals surface area contributed by atoms with E-state index in [2.05, 4.69) is 22.9 Å².